The highest BCUT2D eigenvalue weighted by molar-refractivity contribution is 9.10. The van der Waals surface area contributed by atoms with Crippen molar-refractivity contribution in [3.8, 4) is 0 Å². The summed E-state index contributed by atoms with van der Waals surface area (Å²) in [5, 5.41) is 134. The number of carbonyl (C=O) groups excluding carboxylic acids is 5. The summed E-state index contributed by atoms with van der Waals surface area (Å²) in [4.78, 5) is 64.7. The Balaban J connectivity index is 0.000000128. The Morgan fingerprint density at radius 2 is 0.730 bits per heavy atom. The maximum atomic E-state index is 13.1. The van der Waals surface area contributed by atoms with E-state index in [4.69, 9.17) is 14.2 Å². The second-order valence-electron chi connectivity index (χ2n) is 42.3. The van der Waals surface area contributed by atoms with Gasteiger partial charge < -0.3 is 75.5 Å². The topological polar surface area (TPSA) is 356 Å². The summed E-state index contributed by atoms with van der Waals surface area (Å²) >= 11 is 3.94. The molecular formula is C98H126BrF3O20. The minimum Gasteiger partial charge on any atom is -0.455 e. The van der Waals surface area contributed by atoms with Gasteiger partial charge >= 0.3 is 12.1 Å². The minimum atomic E-state index is -4.53. The Hall–Kier alpha value is -5.78. The van der Waals surface area contributed by atoms with Gasteiger partial charge in [-0.15, -0.1) is 0 Å². The van der Waals surface area contributed by atoms with Crippen LogP contribution in [0.25, 0.3) is 0 Å². The van der Waals surface area contributed by atoms with Gasteiger partial charge in [-0.25, -0.2) is 4.79 Å². The number of rotatable bonds is 12. The quantitative estimate of drug-likeness (QED) is 0.0533. The van der Waals surface area contributed by atoms with Gasteiger partial charge in [0.05, 0.1) is 77.8 Å². The Morgan fingerprint density at radius 1 is 0.426 bits per heavy atom. The summed E-state index contributed by atoms with van der Waals surface area (Å²) in [6, 6.07) is 14.1. The van der Waals surface area contributed by atoms with Crippen LogP contribution in [0.15, 0.2) is 148 Å². The van der Waals surface area contributed by atoms with Crippen molar-refractivity contribution in [2.45, 2.75) is 248 Å². The van der Waals surface area contributed by atoms with Crippen LogP contribution in [0.1, 0.15) is 191 Å². The molecule has 666 valence electrons. The molecule has 0 aliphatic heterocycles. The van der Waals surface area contributed by atoms with E-state index < -0.39 is 127 Å². The van der Waals surface area contributed by atoms with E-state index in [9.17, 15) is 98.4 Å². The number of hydrogen-bond acceptors (Lipinski definition) is 20. The molecule has 0 heterocycles. The van der Waals surface area contributed by atoms with Crippen molar-refractivity contribution in [2.24, 2.45) is 116 Å². The Labute approximate surface area is 721 Å². The van der Waals surface area contributed by atoms with Crippen LogP contribution in [-0.4, -0.2) is 196 Å². The smallest absolute Gasteiger partial charge is 0.416 e. The van der Waals surface area contributed by atoms with Crippen LogP contribution in [0.3, 0.4) is 0 Å². The number of aliphatic hydroxyl groups excluding tert-OH is 4. The summed E-state index contributed by atoms with van der Waals surface area (Å²) in [5.74, 6) is -7.64. The highest BCUT2D eigenvalue weighted by Crippen LogP contribution is 2.82. The SMILES string of the molecule is CC1=C[C@H]2[C@@]3(O)[C@H](C)C[C@]4(Br)[C@H]([C@@H]3C=C(CO)C[C@]2(O)C1=O)C4(C)C.CC1=C[C@H]2[C@@]3(O)[C@H](C)C[C@]4(OC(=O)c5ccc(C(F)(F)F)cc5)[C@H]([C@@H]3C=C(CO)C[C@]2(O)C1=O)C4(C)C.CC1=C[C@H]2[C@@]3(O)[C@H](C)C[C@]4(OCCc5ccccc5)[C@H]([C@@H]3C=C(CO)C[C@]2(O)C1=O)C4(C)C.CCO[C@@]12C[C@@H](C)[C@@]3(O)[C@@H](C=C(CO)C[C@]4(O)C(=O)C(C)=C[C@@H]34)[C@@H]1C2(C)C. The maximum Gasteiger partial charge on any atom is 0.416 e. The van der Waals surface area contributed by atoms with Gasteiger partial charge in [-0.1, -0.05) is 178 Å². The Bertz CT molecular complexity index is 4940. The molecule has 0 bridgehead atoms. The molecular weight excluding hydrogens is 1630 g/mol. The molecule has 12 N–H and O–H groups in total. The lowest BCUT2D eigenvalue weighted by atomic mass is 9.60. The third kappa shape index (κ3) is 12.2. The van der Waals surface area contributed by atoms with E-state index in [1.54, 1.807) is 65.0 Å². The third-order valence-corrected chi connectivity index (χ3v) is 37.0. The molecule has 8 fully saturated rings. The van der Waals surface area contributed by atoms with Crippen molar-refractivity contribution >= 4 is 45.0 Å². The van der Waals surface area contributed by atoms with E-state index in [1.165, 1.54) is 5.56 Å². The first-order chi connectivity index (χ1) is 56.5. The normalized spacial score (nSPS) is 45.8. The standard InChI is InChI=1S/C28H31F3O6.C28H36O5.C22H32O5.C20H27BrO4/c1-14-9-20-25(35,22(14)33)12-16(13-32)10-19-21-24(3,4)26(21,11-15(2)27(19,20)36)37-23(34)17-5-7-18(8-6-17)28(29,30)31;1-17-12-22-26(31,24(17)30)15-20(16-29)13-21-23-25(3,4)27(23,14-18(2)28(21,22)32)33-11-10-19-8-6-5-7-9-19;1-6-27-21-9-13(3)22(26)15(17(21)19(21,4)5)8-14(11-23)10-20(25)16(22)7-12(2)18(20)24;1-10-5-14-18(24,16(10)23)8-12(9-22)6-13-15-17(3,4)19(15,21)7-11(2)20(13,14)25/h5-10,15,19-21,32,35-36H,11-13H2,1-4H3;5-9,12-13,18,21-23,29,31-32H,10-11,14-16H2,1-4H3;7-8,13,15-17,23,25-26H,6,9-11H2,1-5H3;5-6,11,13-15,22,24-25H,7-9H2,1-4H3/t15-,19+,20-,21-,25-,26+,27-;18-,21+,22-,23-,26-,27+,28-;13-,15+,16-,17-,20-,21+,22-;11-,13+,14-,15-,18-,19+,20-/m1111/s1. The Kier molecular flexibility index (Phi) is 21.7. The fourth-order valence-electron chi connectivity index (χ4n) is 28.6. The van der Waals surface area contributed by atoms with Gasteiger partial charge in [0.25, 0.3) is 0 Å². The van der Waals surface area contributed by atoms with Gasteiger partial charge in [0, 0.05) is 118 Å². The van der Waals surface area contributed by atoms with Gasteiger partial charge in [-0.3, -0.25) is 19.2 Å². The Morgan fingerprint density at radius 3 is 1.06 bits per heavy atom. The number of esters is 1. The molecule has 0 amide bonds. The summed E-state index contributed by atoms with van der Waals surface area (Å²) in [5.41, 5.74) is -10.3. The van der Waals surface area contributed by atoms with Crippen molar-refractivity contribution in [1.82, 2.24) is 0 Å². The molecule has 20 nitrogen and oxygen atoms in total. The summed E-state index contributed by atoms with van der Waals surface area (Å²) in [6.45, 7) is 33.6. The fraction of sp³-hybridized carbons (Fsp3) is 0.663. The van der Waals surface area contributed by atoms with E-state index in [0.29, 0.717) is 70.6 Å². The number of fused-ring (bicyclic) bond motifs is 20. The largest absolute Gasteiger partial charge is 0.455 e. The number of halogens is 4. The lowest BCUT2D eigenvalue weighted by Crippen LogP contribution is -2.61. The van der Waals surface area contributed by atoms with Gasteiger partial charge in [-0.2, -0.15) is 13.2 Å². The van der Waals surface area contributed by atoms with Crippen molar-refractivity contribution in [2.75, 3.05) is 39.6 Å². The summed E-state index contributed by atoms with van der Waals surface area (Å²) in [6.07, 6.45) is 13.3. The van der Waals surface area contributed by atoms with E-state index in [0.717, 1.165) is 37.1 Å². The zero-order chi connectivity index (χ0) is 89.7. The molecule has 0 radical (unpaired) electrons. The first kappa shape index (κ1) is 91.0. The van der Waals surface area contributed by atoms with Crippen LogP contribution in [-0.2, 0) is 46.0 Å². The van der Waals surface area contributed by atoms with Crippen molar-refractivity contribution in [1.29, 1.82) is 0 Å². The van der Waals surface area contributed by atoms with Crippen molar-refractivity contribution in [3.63, 3.8) is 0 Å². The lowest BCUT2D eigenvalue weighted by Gasteiger charge is -2.50. The van der Waals surface area contributed by atoms with Crippen LogP contribution in [0.5, 0.6) is 0 Å². The van der Waals surface area contributed by atoms with E-state index in [-0.39, 0.29) is 160 Å². The third-order valence-electron chi connectivity index (χ3n) is 35.2. The number of alkyl halides is 4. The van der Waals surface area contributed by atoms with Crippen LogP contribution in [0.4, 0.5) is 13.2 Å². The molecule has 2 aromatic carbocycles. The number of carbonyl (C=O) groups is 5. The minimum absolute atomic E-state index is 0.0112. The van der Waals surface area contributed by atoms with Gasteiger partial charge in [0.2, 0.25) is 0 Å². The molecule has 0 unspecified atom stereocenters. The molecule has 8 saturated carbocycles. The highest BCUT2D eigenvalue weighted by atomic mass is 79.9. The molecule has 16 aliphatic carbocycles. The second-order valence-corrected chi connectivity index (χ2v) is 43.8. The van der Waals surface area contributed by atoms with E-state index in [2.05, 4.69) is 69.6 Å². The molecule has 28 atom stereocenters. The lowest BCUT2D eigenvalue weighted by molar-refractivity contribution is -0.182. The molecule has 0 aromatic heterocycles. The monoisotopic (exact) mass is 1760 g/mol. The van der Waals surface area contributed by atoms with E-state index >= 15 is 0 Å². The average molecular weight is 1760 g/mol. The van der Waals surface area contributed by atoms with Gasteiger partial charge in [0.1, 0.15) is 28.0 Å². The molecule has 16 aliphatic rings. The first-order valence-corrected chi connectivity index (χ1v) is 44.6. The molecule has 0 saturated heterocycles. The van der Waals surface area contributed by atoms with Crippen molar-refractivity contribution in [3.05, 3.63) is 164 Å². The molecule has 18 rings (SSSR count). The molecule has 122 heavy (non-hydrogen) atoms. The predicted octanol–water partition coefficient (Wildman–Crippen LogP) is 11.4. The number of ketones is 4. The number of hydrogen-bond donors (Lipinski definition) is 12. The number of benzene rings is 2. The summed E-state index contributed by atoms with van der Waals surface area (Å²) < 4.78 is 57.8. The van der Waals surface area contributed by atoms with Crippen LogP contribution in [0, 0.1) is 116 Å². The number of aliphatic hydroxyl groups is 12. The second kappa shape index (κ2) is 29.1. The van der Waals surface area contributed by atoms with Crippen molar-refractivity contribution < 1.29 is 113 Å². The molecule has 0 spiro atoms. The molecule has 24 heteroatoms. The average Bonchev–Trinajstić information content (AvgIpc) is 1.48. The van der Waals surface area contributed by atoms with Crippen LogP contribution in [0.2, 0.25) is 0 Å². The van der Waals surface area contributed by atoms with E-state index in [1.807, 2.05) is 78.0 Å². The number of ether oxygens (including phenoxy) is 3. The highest BCUT2D eigenvalue weighted by Gasteiger charge is 2.87. The van der Waals surface area contributed by atoms with Gasteiger partial charge in [-0.05, 0) is 176 Å². The summed E-state index contributed by atoms with van der Waals surface area (Å²) in [7, 11) is 0. The first-order valence-electron chi connectivity index (χ1n) is 43.9. The van der Waals surface area contributed by atoms with Crippen LogP contribution < -0.4 is 0 Å². The number of Topliss-reactive ketones (excluding diaryl/α,β-unsaturated/α-hetero) is 4. The zero-order valence-corrected chi connectivity index (χ0v) is 74.9. The van der Waals surface area contributed by atoms with Gasteiger partial charge in [0.15, 0.2) is 23.1 Å². The molecule has 2 aromatic rings. The van der Waals surface area contributed by atoms with Crippen LogP contribution >= 0.6 is 15.9 Å². The maximum absolute atomic E-state index is 13.1. The fourth-order valence-corrected chi connectivity index (χ4v) is 30.1. The zero-order valence-electron chi connectivity index (χ0n) is 73.3. The predicted molar refractivity (Wildman–Crippen MR) is 450 cm³/mol.